The summed E-state index contributed by atoms with van der Waals surface area (Å²) in [7, 11) is 0. The summed E-state index contributed by atoms with van der Waals surface area (Å²) in [5.74, 6) is -0.797. The van der Waals surface area contributed by atoms with E-state index in [1.54, 1.807) is 4.90 Å². The molecule has 3 amide bonds. The van der Waals surface area contributed by atoms with Crippen molar-refractivity contribution in [2.24, 2.45) is 0 Å². The first-order chi connectivity index (χ1) is 10.1. The second kappa shape index (κ2) is 7.28. The summed E-state index contributed by atoms with van der Waals surface area (Å²) in [5.41, 5.74) is 0. The molecule has 0 spiro atoms. The van der Waals surface area contributed by atoms with Crippen LogP contribution in [0, 0.1) is 0 Å². The van der Waals surface area contributed by atoms with Crippen molar-refractivity contribution in [3.8, 4) is 0 Å². The van der Waals surface area contributed by atoms with Crippen LogP contribution in [0.25, 0.3) is 0 Å². The van der Waals surface area contributed by atoms with Crippen LogP contribution in [0.15, 0.2) is 0 Å². The van der Waals surface area contributed by atoms with Crippen LogP contribution in [0.4, 0.5) is 4.79 Å². The highest BCUT2D eigenvalue weighted by Gasteiger charge is 2.29. The van der Waals surface area contributed by atoms with Crippen molar-refractivity contribution in [2.45, 2.75) is 57.0 Å². The molecular formula is C14H23N3O4. The number of urea groups is 1. The number of hydrogen-bond donors (Lipinski definition) is 3. The van der Waals surface area contributed by atoms with Gasteiger partial charge in [0.25, 0.3) is 0 Å². The summed E-state index contributed by atoms with van der Waals surface area (Å²) in [6.07, 6.45) is 4.55. The van der Waals surface area contributed by atoms with E-state index in [0.717, 1.165) is 19.3 Å². The van der Waals surface area contributed by atoms with Crippen molar-refractivity contribution in [1.82, 2.24) is 15.5 Å². The molecule has 2 atom stereocenters. The van der Waals surface area contributed by atoms with Crippen LogP contribution in [-0.4, -0.2) is 53.1 Å². The van der Waals surface area contributed by atoms with Gasteiger partial charge in [-0.25, -0.2) is 4.79 Å². The second-order valence-corrected chi connectivity index (χ2v) is 5.76. The van der Waals surface area contributed by atoms with Crippen molar-refractivity contribution in [2.75, 3.05) is 13.1 Å². The number of carbonyl (C=O) groups is 3. The maximum absolute atomic E-state index is 12.4. The SMILES string of the molecule is O=C(O)CCC1CCCCN1C(=O)NC1CCC(=O)NC1. The predicted octanol–water partition coefficient (Wildman–Crippen LogP) is 0.694. The Morgan fingerprint density at radius 1 is 1.33 bits per heavy atom. The van der Waals surface area contributed by atoms with E-state index in [1.165, 1.54) is 0 Å². The molecule has 118 valence electrons. The van der Waals surface area contributed by atoms with Crippen LogP contribution >= 0.6 is 0 Å². The molecule has 2 rings (SSSR count). The first-order valence-corrected chi connectivity index (χ1v) is 7.62. The smallest absolute Gasteiger partial charge is 0.317 e. The molecule has 21 heavy (non-hydrogen) atoms. The maximum atomic E-state index is 12.4. The third-order valence-electron chi connectivity index (χ3n) is 4.17. The van der Waals surface area contributed by atoms with E-state index in [2.05, 4.69) is 10.6 Å². The second-order valence-electron chi connectivity index (χ2n) is 5.76. The lowest BCUT2D eigenvalue weighted by molar-refractivity contribution is -0.137. The largest absolute Gasteiger partial charge is 0.481 e. The summed E-state index contributed by atoms with van der Waals surface area (Å²) in [5, 5.41) is 14.5. The molecule has 0 aromatic rings. The number of likely N-dealkylation sites (tertiary alicyclic amines) is 1. The van der Waals surface area contributed by atoms with E-state index in [4.69, 9.17) is 5.11 Å². The zero-order valence-electron chi connectivity index (χ0n) is 12.1. The van der Waals surface area contributed by atoms with Gasteiger partial charge >= 0.3 is 12.0 Å². The van der Waals surface area contributed by atoms with Gasteiger partial charge in [0.05, 0.1) is 0 Å². The van der Waals surface area contributed by atoms with E-state index in [-0.39, 0.29) is 30.4 Å². The molecule has 0 radical (unpaired) electrons. The molecule has 0 aromatic carbocycles. The molecule has 0 aromatic heterocycles. The molecule has 0 aliphatic carbocycles. The molecule has 7 heteroatoms. The summed E-state index contributed by atoms with van der Waals surface area (Å²) in [4.78, 5) is 35.9. The number of piperidine rings is 2. The summed E-state index contributed by atoms with van der Waals surface area (Å²) in [6.45, 7) is 1.15. The molecule has 2 saturated heterocycles. The first kappa shape index (κ1) is 15.6. The fraction of sp³-hybridized carbons (Fsp3) is 0.786. The van der Waals surface area contributed by atoms with Crippen LogP contribution in [-0.2, 0) is 9.59 Å². The van der Waals surface area contributed by atoms with Crippen molar-refractivity contribution < 1.29 is 19.5 Å². The standard InChI is InChI=1S/C14H23N3O4/c18-12-6-4-10(9-15-12)16-14(21)17-8-2-1-3-11(17)5-7-13(19)20/h10-11H,1-9H2,(H,15,18)(H,16,21)(H,19,20). The van der Waals surface area contributed by atoms with Crippen molar-refractivity contribution in [3.05, 3.63) is 0 Å². The lowest BCUT2D eigenvalue weighted by Gasteiger charge is -2.37. The van der Waals surface area contributed by atoms with Crippen LogP contribution in [0.1, 0.15) is 44.9 Å². The van der Waals surface area contributed by atoms with Gasteiger partial charge < -0.3 is 20.6 Å². The van der Waals surface area contributed by atoms with Gasteiger partial charge in [0.2, 0.25) is 5.91 Å². The minimum atomic E-state index is -0.823. The van der Waals surface area contributed by atoms with Crippen molar-refractivity contribution >= 4 is 17.9 Å². The zero-order valence-corrected chi connectivity index (χ0v) is 12.1. The Hall–Kier alpha value is -1.79. The van der Waals surface area contributed by atoms with E-state index < -0.39 is 5.97 Å². The maximum Gasteiger partial charge on any atom is 0.317 e. The number of aliphatic carboxylic acids is 1. The van der Waals surface area contributed by atoms with E-state index in [1.807, 2.05) is 0 Å². The number of amides is 3. The topological polar surface area (TPSA) is 98.7 Å². The number of nitrogens with one attached hydrogen (secondary N) is 2. The molecule has 3 N–H and O–H groups in total. The third kappa shape index (κ3) is 4.61. The monoisotopic (exact) mass is 297 g/mol. The number of carboxylic acids is 1. The Bertz CT molecular complexity index is 403. The van der Waals surface area contributed by atoms with E-state index in [0.29, 0.717) is 32.4 Å². The number of carboxylic acid groups (broad SMARTS) is 1. The molecule has 2 unspecified atom stereocenters. The molecule has 0 bridgehead atoms. The van der Waals surface area contributed by atoms with Crippen LogP contribution in [0.5, 0.6) is 0 Å². The van der Waals surface area contributed by atoms with Gasteiger partial charge in [0.15, 0.2) is 0 Å². The van der Waals surface area contributed by atoms with E-state index in [9.17, 15) is 14.4 Å². The van der Waals surface area contributed by atoms with Gasteiger partial charge in [0.1, 0.15) is 0 Å². The van der Waals surface area contributed by atoms with Gasteiger partial charge in [-0.2, -0.15) is 0 Å². The van der Waals surface area contributed by atoms with Gasteiger partial charge in [-0.05, 0) is 32.1 Å². The Morgan fingerprint density at radius 3 is 2.81 bits per heavy atom. The number of rotatable bonds is 4. The highest BCUT2D eigenvalue weighted by Crippen LogP contribution is 2.21. The van der Waals surface area contributed by atoms with Gasteiger partial charge in [-0.15, -0.1) is 0 Å². The Labute approximate surface area is 124 Å². The van der Waals surface area contributed by atoms with Crippen LogP contribution in [0.3, 0.4) is 0 Å². The predicted molar refractivity (Wildman–Crippen MR) is 75.8 cm³/mol. The average molecular weight is 297 g/mol. The van der Waals surface area contributed by atoms with Crippen LogP contribution < -0.4 is 10.6 Å². The molecule has 2 aliphatic rings. The van der Waals surface area contributed by atoms with Gasteiger partial charge in [-0.3, -0.25) is 9.59 Å². The minimum Gasteiger partial charge on any atom is -0.481 e. The summed E-state index contributed by atoms with van der Waals surface area (Å²) >= 11 is 0. The van der Waals surface area contributed by atoms with Gasteiger partial charge in [0, 0.05) is 38.0 Å². The fourth-order valence-electron chi connectivity index (χ4n) is 2.97. The van der Waals surface area contributed by atoms with Crippen molar-refractivity contribution in [3.63, 3.8) is 0 Å². The Morgan fingerprint density at radius 2 is 2.14 bits per heavy atom. The molecular weight excluding hydrogens is 274 g/mol. The normalized spacial score (nSPS) is 26.1. The van der Waals surface area contributed by atoms with Crippen LogP contribution in [0.2, 0.25) is 0 Å². The average Bonchev–Trinajstić information content (AvgIpc) is 2.47. The molecule has 2 heterocycles. The minimum absolute atomic E-state index is 0.00744. The van der Waals surface area contributed by atoms with E-state index >= 15 is 0 Å². The Kier molecular flexibility index (Phi) is 5.41. The highest BCUT2D eigenvalue weighted by molar-refractivity contribution is 5.78. The number of hydrogen-bond acceptors (Lipinski definition) is 3. The van der Waals surface area contributed by atoms with Crippen molar-refractivity contribution in [1.29, 1.82) is 0 Å². The summed E-state index contributed by atoms with van der Waals surface area (Å²) in [6, 6.07) is -0.156. The third-order valence-corrected chi connectivity index (χ3v) is 4.17. The number of nitrogens with zero attached hydrogens (tertiary/aromatic N) is 1. The molecule has 2 aliphatic heterocycles. The quantitative estimate of drug-likeness (QED) is 0.711. The highest BCUT2D eigenvalue weighted by atomic mass is 16.4. The molecule has 7 nitrogen and oxygen atoms in total. The Balaban J connectivity index is 1.85. The molecule has 0 saturated carbocycles. The lowest BCUT2D eigenvalue weighted by Crippen LogP contribution is -2.55. The summed E-state index contributed by atoms with van der Waals surface area (Å²) < 4.78 is 0. The first-order valence-electron chi connectivity index (χ1n) is 7.62. The number of carbonyl (C=O) groups excluding carboxylic acids is 2. The molecule has 2 fully saturated rings. The zero-order chi connectivity index (χ0) is 15.2. The van der Waals surface area contributed by atoms with Gasteiger partial charge in [-0.1, -0.05) is 0 Å². The fourth-order valence-corrected chi connectivity index (χ4v) is 2.97. The lowest BCUT2D eigenvalue weighted by atomic mass is 9.98.